The molecule has 2 aromatic rings. The summed E-state index contributed by atoms with van der Waals surface area (Å²) in [4.78, 5) is 50.8. The smallest absolute Gasteiger partial charge is 0.325 e. The minimum Gasteiger partial charge on any atom is -0.497 e. The monoisotopic (exact) mass is 423 g/mol. The zero-order valence-corrected chi connectivity index (χ0v) is 17.7. The van der Waals surface area contributed by atoms with E-state index in [0.717, 1.165) is 11.3 Å². The second-order valence-electron chi connectivity index (χ2n) is 7.47. The van der Waals surface area contributed by atoms with E-state index < -0.39 is 17.5 Å². The SMILES string of the molecule is CCCC(=O)Nc1ccc(C(=O)CN2C(=O)NC(C)(c3ccc(OC)cc3)C2=O)cc1. The summed E-state index contributed by atoms with van der Waals surface area (Å²) in [6, 6.07) is 12.5. The number of carbonyl (C=O) groups excluding carboxylic acids is 4. The lowest BCUT2D eigenvalue weighted by molar-refractivity contribution is -0.130. The highest BCUT2D eigenvalue weighted by Gasteiger charge is 2.49. The van der Waals surface area contributed by atoms with Crippen LogP contribution in [0.4, 0.5) is 10.5 Å². The number of amides is 4. The minimum absolute atomic E-state index is 0.0984. The van der Waals surface area contributed by atoms with Crippen molar-refractivity contribution in [1.82, 2.24) is 10.2 Å². The van der Waals surface area contributed by atoms with Gasteiger partial charge in [0.2, 0.25) is 5.91 Å². The van der Waals surface area contributed by atoms with Gasteiger partial charge in [-0.15, -0.1) is 0 Å². The van der Waals surface area contributed by atoms with E-state index in [9.17, 15) is 19.2 Å². The fourth-order valence-electron chi connectivity index (χ4n) is 3.39. The van der Waals surface area contributed by atoms with Gasteiger partial charge in [0.15, 0.2) is 5.78 Å². The first-order valence-corrected chi connectivity index (χ1v) is 10.00. The molecule has 2 aromatic carbocycles. The van der Waals surface area contributed by atoms with E-state index in [-0.39, 0.29) is 18.2 Å². The van der Waals surface area contributed by atoms with Crippen molar-refractivity contribution in [1.29, 1.82) is 0 Å². The van der Waals surface area contributed by atoms with Crippen LogP contribution in [0.15, 0.2) is 48.5 Å². The predicted octanol–water partition coefficient (Wildman–Crippen LogP) is 3.08. The maximum absolute atomic E-state index is 13.0. The van der Waals surface area contributed by atoms with Crippen molar-refractivity contribution < 1.29 is 23.9 Å². The second-order valence-corrected chi connectivity index (χ2v) is 7.47. The maximum atomic E-state index is 13.0. The van der Waals surface area contributed by atoms with Crippen LogP contribution in [-0.2, 0) is 15.1 Å². The van der Waals surface area contributed by atoms with Crippen molar-refractivity contribution in [3.63, 3.8) is 0 Å². The molecule has 0 radical (unpaired) electrons. The van der Waals surface area contributed by atoms with Gasteiger partial charge in [-0.25, -0.2) is 4.79 Å². The Kier molecular flexibility index (Phi) is 6.39. The van der Waals surface area contributed by atoms with Crippen LogP contribution in [0.5, 0.6) is 5.75 Å². The van der Waals surface area contributed by atoms with Crippen LogP contribution in [-0.4, -0.2) is 42.2 Å². The number of ether oxygens (including phenoxy) is 1. The number of imide groups is 1. The molecule has 8 heteroatoms. The van der Waals surface area contributed by atoms with Crippen molar-refractivity contribution in [2.75, 3.05) is 19.0 Å². The van der Waals surface area contributed by atoms with Gasteiger partial charge < -0.3 is 15.4 Å². The molecule has 0 spiro atoms. The van der Waals surface area contributed by atoms with E-state index in [4.69, 9.17) is 4.74 Å². The standard InChI is InChI=1S/C23H25N3O5/c1-4-5-20(28)24-17-10-6-15(7-11-17)19(27)14-26-21(29)23(2,25-22(26)30)16-8-12-18(31-3)13-9-16/h6-13H,4-5,14H2,1-3H3,(H,24,28)(H,25,30). The minimum atomic E-state index is -1.27. The average molecular weight is 423 g/mol. The Balaban J connectivity index is 1.70. The molecule has 4 amide bonds. The number of carbonyl (C=O) groups is 4. The zero-order chi connectivity index (χ0) is 22.6. The molecular weight excluding hydrogens is 398 g/mol. The number of benzene rings is 2. The van der Waals surface area contributed by atoms with E-state index in [2.05, 4.69) is 10.6 Å². The van der Waals surface area contributed by atoms with Gasteiger partial charge in [0.05, 0.1) is 13.7 Å². The molecule has 31 heavy (non-hydrogen) atoms. The molecule has 2 N–H and O–H groups in total. The van der Waals surface area contributed by atoms with Crippen LogP contribution in [0.25, 0.3) is 0 Å². The summed E-state index contributed by atoms with van der Waals surface area (Å²) in [6.07, 6.45) is 1.16. The number of Topliss-reactive ketones (excluding diaryl/α,β-unsaturated/α-hetero) is 1. The van der Waals surface area contributed by atoms with Gasteiger partial charge >= 0.3 is 6.03 Å². The van der Waals surface area contributed by atoms with Crippen LogP contribution in [0.2, 0.25) is 0 Å². The van der Waals surface area contributed by atoms with Crippen LogP contribution in [0, 0.1) is 0 Å². The second kappa shape index (κ2) is 8.99. The highest BCUT2D eigenvalue weighted by molar-refractivity contribution is 6.11. The number of hydrogen-bond donors (Lipinski definition) is 2. The third-order valence-electron chi connectivity index (χ3n) is 5.21. The molecule has 1 heterocycles. The zero-order valence-electron chi connectivity index (χ0n) is 17.7. The molecule has 0 aliphatic carbocycles. The summed E-state index contributed by atoms with van der Waals surface area (Å²) < 4.78 is 5.13. The predicted molar refractivity (Wildman–Crippen MR) is 115 cm³/mol. The molecule has 1 fully saturated rings. The Bertz CT molecular complexity index is 1000. The van der Waals surface area contributed by atoms with Gasteiger partial charge in [0.25, 0.3) is 5.91 Å². The van der Waals surface area contributed by atoms with Gasteiger partial charge in [-0.3, -0.25) is 19.3 Å². The summed E-state index contributed by atoms with van der Waals surface area (Å²) in [5.74, 6) is -0.349. The molecule has 1 unspecified atom stereocenters. The van der Waals surface area contributed by atoms with E-state index in [1.54, 1.807) is 55.5 Å². The van der Waals surface area contributed by atoms with Crippen LogP contribution >= 0.6 is 0 Å². The molecule has 0 aromatic heterocycles. The summed E-state index contributed by atoms with van der Waals surface area (Å²) in [7, 11) is 1.54. The number of urea groups is 1. The number of nitrogens with one attached hydrogen (secondary N) is 2. The first kappa shape index (κ1) is 22.0. The van der Waals surface area contributed by atoms with Crippen LogP contribution < -0.4 is 15.4 Å². The summed E-state index contributed by atoms with van der Waals surface area (Å²) in [6.45, 7) is 3.14. The largest absolute Gasteiger partial charge is 0.497 e. The number of anilines is 1. The third-order valence-corrected chi connectivity index (χ3v) is 5.21. The number of hydrogen-bond acceptors (Lipinski definition) is 5. The lowest BCUT2D eigenvalue weighted by atomic mass is 9.92. The molecule has 1 aliphatic rings. The number of rotatable bonds is 8. The van der Waals surface area contributed by atoms with E-state index in [1.807, 2.05) is 6.92 Å². The lowest BCUT2D eigenvalue weighted by Gasteiger charge is -2.22. The summed E-state index contributed by atoms with van der Waals surface area (Å²) in [5.41, 5.74) is 0.245. The molecule has 8 nitrogen and oxygen atoms in total. The molecule has 162 valence electrons. The van der Waals surface area contributed by atoms with Gasteiger partial charge in [-0.2, -0.15) is 0 Å². The lowest BCUT2D eigenvalue weighted by Crippen LogP contribution is -2.41. The number of ketones is 1. The summed E-state index contributed by atoms with van der Waals surface area (Å²) in [5, 5.41) is 5.43. The van der Waals surface area contributed by atoms with Crippen LogP contribution in [0.1, 0.15) is 42.6 Å². The van der Waals surface area contributed by atoms with Crippen molar-refractivity contribution in [2.24, 2.45) is 0 Å². The van der Waals surface area contributed by atoms with Gasteiger partial charge in [0.1, 0.15) is 11.3 Å². The molecule has 1 atom stereocenters. The van der Waals surface area contributed by atoms with Crippen molar-refractivity contribution >= 4 is 29.3 Å². The molecule has 3 rings (SSSR count). The van der Waals surface area contributed by atoms with E-state index >= 15 is 0 Å². The molecule has 0 saturated carbocycles. The fraction of sp³-hybridized carbons (Fsp3) is 0.304. The van der Waals surface area contributed by atoms with Crippen molar-refractivity contribution in [3.8, 4) is 5.75 Å². The first-order valence-electron chi connectivity index (χ1n) is 10.00. The Morgan fingerprint density at radius 1 is 1.06 bits per heavy atom. The Hall–Kier alpha value is -3.68. The third kappa shape index (κ3) is 4.58. The topological polar surface area (TPSA) is 105 Å². The van der Waals surface area contributed by atoms with Crippen molar-refractivity contribution in [2.45, 2.75) is 32.2 Å². The molecule has 0 bridgehead atoms. The van der Waals surface area contributed by atoms with Crippen molar-refractivity contribution in [3.05, 3.63) is 59.7 Å². The Labute approximate surface area is 180 Å². The molecular formula is C23H25N3O5. The highest BCUT2D eigenvalue weighted by atomic mass is 16.5. The summed E-state index contributed by atoms with van der Waals surface area (Å²) >= 11 is 0. The highest BCUT2D eigenvalue weighted by Crippen LogP contribution is 2.30. The Morgan fingerprint density at radius 3 is 2.29 bits per heavy atom. The number of methoxy groups -OCH3 is 1. The van der Waals surface area contributed by atoms with E-state index in [0.29, 0.717) is 29.0 Å². The average Bonchev–Trinajstić information content (AvgIpc) is 2.98. The molecule has 1 saturated heterocycles. The number of nitrogens with zero attached hydrogens (tertiary/aromatic N) is 1. The Morgan fingerprint density at radius 2 is 1.71 bits per heavy atom. The van der Waals surface area contributed by atoms with E-state index in [1.165, 1.54) is 7.11 Å². The molecule has 1 aliphatic heterocycles. The fourth-order valence-corrected chi connectivity index (χ4v) is 3.39. The van der Waals surface area contributed by atoms with Gasteiger partial charge in [-0.1, -0.05) is 19.1 Å². The van der Waals surface area contributed by atoms with Crippen LogP contribution in [0.3, 0.4) is 0 Å². The maximum Gasteiger partial charge on any atom is 0.325 e. The first-order chi connectivity index (χ1) is 14.8. The van der Waals surface area contributed by atoms with Gasteiger partial charge in [0, 0.05) is 17.7 Å². The quantitative estimate of drug-likeness (QED) is 0.502. The van der Waals surface area contributed by atoms with Gasteiger partial charge in [-0.05, 0) is 55.3 Å². The normalized spacial score (nSPS) is 18.0.